The predicted octanol–water partition coefficient (Wildman–Crippen LogP) is 3.40. The van der Waals surface area contributed by atoms with E-state index in [9.17, 15) is 0 Å². The zero-order chi connectivity index (χ0) is 13.7. The Kier molecular flexibility index (Phi) is 2.63. The van der Waals surface area contributed by atoms with E-state index in [0.717, 1.165) is 18.1 Å². The topological polar surface area (TPSA) is 38.7 Å². The molecule has 3 rings (SSSR count). The third kappa shape index (κ3) is 1.67. The second kappa shape index (κ2) is 3.99. The van der Waals surface area contributed by atoms with Crippen LogP contribution >= 0.6 is 0 Å². The van der Waals surface area contributed by atoms with Gasteiger partial charge in [-0.15, -0.1) is 0 Å². The number of rotatable bonds is 2. The summed E-state index contributed by atoms with van der Waals surface area (Å²) in [7, 11) is 0. The van der Waals surface area contributed by atoms with Crippen molar-refractivity contribution in [2.45, 2.75) is 45.4 Å². The van der Waals surface area contributed by atoms with Crippen molar-refractivity contribution in [3.63, 3.8) is 0 Å². The standard InChI is InChI=1S/C16H21N3/c1-11(2)13-17-10-18-14(19-13)15(4)9-16(15)8-6-5-7-12(16)3/h5-8,10-12H,9H2,1-4H3. The summed E-state index contributed by atoms with van der Waals surface area (Å²) in [5.41, 5.74) is 0.262. The number of nitrogens with zero attached hydrogens (tertiary/aromatic N) is 3. The lowest BCUT2D eigenvalue weighted by atomic mass is 9.80. The Bertz CT molecular complexity index is 561. The lowest BCUT2D eigenvalue weighted by Gasteiger charge is -2.25. The van der Waals surface area contributed by atoms with Crippen LogP contribution in [0.15, 0.2) is 30.6 Å². The summed E-state index contributed by atoms with van der Waals surface area (Å²) in [5, 5.41) is 0. The molecule has 1 aromatic rings. The molecule has 19 heavy (non-hydrogen) atoms. The fourth-order valence-electron chi connectivity index (χ4n) is 3.37. The van der Waals surface area contributed by atoms with Crippen LogP contribution in [-0.2, 0) is 5.41 Å². The van der Waals surface area contributed by atoms with Crippen LogP contribution in [0.5, 0.6) is 0 Å². The van der Waals surface area contributed by atoms with Crippen LogP contribution in [0.2, 0.25) is 0 Å². The molecule has 0 aliphatic heterocycles. The molecule has 100 valence electrons. The predicted molar refractivity (Wildman–Crippen MR) is 75.8 cm³/mol. The van der Waals surface area contributed by atoms with Crippen molar-refractivity contribution < 1.29 is 0 Å². The van der Waals surface area contributed by atoms with Crippen LogP contribution < -0.4 is 0 Å². The highest BCUT2D eigenvalue weighted by atomic mass is 15.0. The molecule has 1 fully saturated rings. The molecule has 3 atom stereocenters. The zero-order valence-corrected chi connectivity index (χ0v) is 12.1. The zero-order valence-electron chi connectivity index (χ0n) is 12.1. The first-order chi connectivity index (χ1) is 8.99. The van der Waals surface area contributed by atoms with Gasteiger partial charge in [-0.25, -0.2) is 15.0 Å². The van der Waals surface area contributed by atoms with Gasteiger partial charge < -0.3 is 0 Å². The molecule has 1 saturated carbocycles. The van der Waals surface area contributed by atoms with E-state index in [1.807, 2.05) is 0 Å². The molecule has 2 aliphatic carbocycles. The highest BCUT2D eigenvalue weighted by Gasteiger charge is 2.67. The van der Waals surface area contributed by atoms with Crippen LogP contribution in [0.4, 0.5) is 0 Å². The normalized spacial score (nSPS) is 36.2. The van der Waals surface area contributed by atoms with E-state index in [4.69, 9.17) is 4.98 Å². The van der Waals surface area contributed by atoms with Gasteiger partial charge in [-0.1, -0.05) is 52.0 Å². The largest absolute Gasteiger partial charge is 0.221 e. The number of hydrogen-bond acceptors (Lipinski definition) is 3. The van der Waals surface area contributed by atoms with Crippen molar-refractivity contribution in [3.05, 3.63) is 42.3 Å². The van der Waals surface area contributed by atoms with E-state index in [1.54, 1.807) is 6.33 Å². The molecule has 0 amide bonds. The molecule has 3 unspecified atom stereocenters. The minimum atomic E-state index is 0.0558. The third-order valence-corrected chi connectivity index (χ3v) is 4.87. The highest BCUT2D eigenvalue weighted by molar-refractivity contribution is 5.39. The van der Waals surface area contributed by atoms with Gasteiger partial charge in [-0.05, 0) is 12.3 Å². The highest BCUT2D eigenvalue weighted by Crippen LogP contribution is 2.69. The van der Waals surface area contributed by atoms with E-state index in [2.05, 4.69) is 62.0 Å². The Labute approximate surface area is 114 Å². The van der Waals surface area contributed by atoms with E-state index < -0.39 is 0 Å². The van der Waals surface area contributed by atoms with Gasteiger partial charge in [0.2, 0.25) is 0 Å². The van der Waals surface area contributed by atoms with Crippen LogP contribution in [0, 0.1) is 11.3 Å². The summed E-state index contributed by atoms with van der Waals surface area (Å²) in [4.78, 5) is 13.4. The number of aromatic nitrogens is 3. The summed E-state index contributed by atoms with van der Waals surface area (Å²) in [5.74, 6) is 2.75. The van der Waals surface area contributed by atoms with Gasteiger partial charge in [0, 0.05) is 16.7 Å². The first kappa shape index (κ1) is 12.5. The fourth-order valence-corrected chi connectivity index (χ4v) is 3.37. The molecule has 0 saturated heterocycles. The quantitative estimate of drug-likeness (QED) is 0.813. The molecule has 0 aromatic carbocycles. The Balaban J connectivity index is 1.98. The Morgan fingerprint density at radius 1 is 1.26 bits per heavy atom. The van der Waals surface area contributed by atoms with Gasteiger partial charge in [0.05, 0.1) is 0 Å². The Morgan fingerprint density at radius 3 is 2.74 bits per heavy atom. The van der Waals surface area contributed by atoms with E-state index in [1.165, 1.54) is 0 Å². The van der Waals surface area contributed by atoms with Gasteiger partial charge >= 0.3 is 0 Å². The molecular formula is C16H21N3. The maximum absolute atomic E-state index is 4.71. The van der Waals surface area contributed by atoms with Gasteiger partial charge in [-0.2, -0.15) is 0 Å². The molecule has 3 nitrogen and oxygen atoms in total. The first-order valence-corrected chi connectivity index (χ1v) is 7.05. The summed E-state index contributed by atoms with van der Waals surface area (Å²) in [6.07, 6.45) is 11.7. The maximum atomic E-state index is 4.71. The van der Waals surface area contributed by atoms with Crippen molar-refractivity contribution in [1.29, 1.82) is 0 Å². The Morgan fingerprint density at radius 2 is 2.05 bits per heavy atom. The average molecular weight is 255 g/mol. The number of allylic oxidation sites excluding steroid dienone is 4. The van der Waals surface area contributed by atoms with Crippen molar-refractivity contribution in [1.82, 2.24) is 15.0 Å². The average Bonchev–Trinajstić information content (AvgIpc) is 3.01. The van der Waals surface area contributed by atoms with Crippen molar-refractivity contribution in [2.24, 2.45) is 11.3 Å². The van der Waals surface area contributed by atoms with Gasteiger partial charge in [0.1, 0.15) is 18.0 Å². The molecule has 0 radical (unpaired) electrons. The third-order valence-electron chi connectivity index (χ3n) is 4.87. The molecule has 1 spiro atoms. The van der Waals surface area contributed by atoms with E-state index in [0.29, 0.717) is 11.8 Å². The lowest BCUT2D eigenvalue weighted by Crippen LogP contribution is -2.23. The van der Waals surface area contributed by atoms with Crippen molar-refractivity contribution >= 4 is 0 Å². The second-order valence-corrected chi connectivity index (χ2v) is 6.40. The minimum Gasteiger partial charge on any atom is -0.221 e. The molecule has 0 bridgehead atoms. The molecule has 1 heterocycles. The molecule has 2 aliphatic rings. The summed E-state index contributed by atoms with van der Waals surface area (Å²) < 4.78 is 0. The van der Waals surface area contributed by atoms with Crippen LogP contribution in [-0.4, -0.2) is 15.0 Å². The molecule has 0 N–H and O–H groups in total. The lowest BCUT2D eigenvalue weighted by molar-refractivity contribution is 0.410. The SMILES string of the molecule is CC(C)c1ncnc(C2(C)CC23C=CC=CC3C)n1. The van der Waals surface area contributed by atoms with Gasteiger partial charge in [0.25, 0.3) is 0 Å². The number of hydrogen-bond donors (Lipinski definition) is 0. The summed E-state index contributed by atoms with van der Waals surface area (Å²) in [6, 6.07) is 0. The second-order valence-electron chi connectivity index (χ2n) is 6.40. The van der Waals surface area contributed by atoms with Crippen molar-refractivity contribution in [3.8, 4) is 0 Å². The van der Waals surface area contributed by atoms with E-state index in [-0.39, 0.29) is 10.8 Å². The monoisotopic (exact) mass is 255 g/mol. The van der Waals surface area contributed by atoms with Crippen LogP contribution in [0.25, 0.3) is 0 Å². The molecular weight excluding hydrogens is 234 g/mol. The molecule has 1 aromatic heterocycles. The maximum Gasteiger partial charge on any atom is 0.139 e. The molecule has 3 heteroatoms. The smallest absolute Gasteiger partial charge is 0.139 e. The van der Waals surface area contributed by atoms with Crippen LogP contribution in [0.1, 0.15) is 51.7 Å². The summed E-state index contributed by atoms with van der Waals surface area (Å²) in [6.45, 7) is 8.81. The van der Waals surface area contributed by atoms with Gasteiger partial charge in [0.15, 0.2) is 0 Å². The van der Waals surface area contributed by atoms with Crippen molar-refractivity contribution in [2.75, 3.05) is 0 Å². The van der Waals surface area contributed by atoms with Gasteiger partial charge in [-0.3, -0.25) is 0 Å². The minimum absolute atomic E-state index is 0.0558. The van der Waals surface area contributed by atoms with E-state index >= 15 is 0 Å². The van der Waals surface area contributed by atoms with Crippen LogP contribution in [0.3, 0.4) is 0 Å². The Hall–Kier alpha value is -1.51. The first-order valence-electron chi connectivity index (χ1n) is 7.05. The summed E-state index contributed by atoms with van der Waals surface area (Å²) >= 11 is 0. The fraction of sp³-hybridized carbons (Fsp3) is 0.562.